The molecule has 5 nitrogen and oxygen atoms in total. The second-order valence-electron chi connectivity index (χ2n) is 9.99. The molecule has 2 aliphatic rings. The lowest BCUT2D eigenvalue weighted by Gasteiger charge is -2.38. The maximum Gasteiger partial charge on any atom is 0.123 e. The Hall–Kier alpha value is -2.61. The zero-order valence-electron chi connectivity index (χ0n) is 21.8. The monoisotopic (exact) mass is 530 g/mol. The highest BCUT2D eigenvalue weighted by Gasteiger charge is 2.36. The van der Waals surface area contributed by atoms with Crippen LogP contribution in [0, 0.1) is 28.4 Å². The number of benzene rings is 2. The second-order valence-corrected chi connectivity index (χ2v) is 10.4. The molecule has 4 rings (SSSR count). The van der Waals surface area contributed by atoms with Crippen LogP contribution in [0.25, 0.3) is 0 Å². The first-order chi connectivity index (χ1) is 18.0. The Bertz CT molecular complexity index is 951. The van der Waals surface area contributed by atoms with Crippen molar-refractivity contribution in [3.05, 3.63) is 70.6 Å². The van der Waals surface area contributed by atoms with E-state index in [9.17, 15) is 8.78 Å². The van der Waals surface area contributed by atoms with Crippen molar-refractivity contribution in [3.63, 3.8) is 0 Å². The first-order valence-electron chi connectivity index (χ1n) is 13.6. The molecule has 0 bridgehead atoms. The molecule has 1 saturated carbocycles. The van der Waals surface area contributed by atoms with E-state index < -0.39 is 0 Å². The third-order valence-corrected chi connectivity index (χ3v) is 8.03. The van der Waals surface area contributed by atoms with Crippen molar-refractivity contribution >= 4 is 22.9 Å². The quantitative estimate of drug-likeness (QED) is 0.182. The van der Waals surface area contributed by atoms with Gasteiger partial charge in [-0.15, -0.1) is 4.91 Å². The van der Waals surface area contributed by atoms with E-state index in [0.717, 1.165) is 49.4 Å². The van der Waals surface area contributed by atoms with Crippen molar-refractivity contribution < 1.29 is 8.78 Å². The van der Waals surface area contributed by atoms with Crippen molar-refractivity contribution in [2.45, 2.75) is 70.8 Å². The third-order valence-electron chi connectivity index (χ3n) is 7.46. The molecule has 1 aliphatic heterocycles. The molecule has 2 atom stereocenters. The van der Waals surface area contributed by atoms with Crippen LogP contribution in [0.1, 0.15) is 63.9 Å². The maximum absolute atomic E-state index is 13.3. The van der Waals surface area contributed by atoms with Crippen LogP contribution in [-0.2, 0) is 6.42 Å². The van der Waals surface area contributed by atoms with Gasteiger partial charge >= 0.3 is 0 Å². The topological polar surface area (TPSA) is 56.7 Å². The molecule has 0 aromatic heterocycles. The van der Waals surface area contributed by atoms with Gasteiger partial charge in [-0.05, 0) is 93.3 Å². The van der Waals surface area contributed by atoms with Crippen molar-refractivity contribution in [2.24, 2.45) is 17.1 Å². The zero-order valence-corrected chi connectivity index (χ0v) is 22.6. The summed E-state index contributed by atoms with van der Waals surface area (Å²) in [5.74, 6) is 0.739. The Morgan fingerprint density at radius 1 is 1.00 bits per heavy atom. The predicted octanol–water partition coefficient (Wildman–Crippen LogP) is 7.28. The molecule has 37 heavy (non-hydrogen) atoms. The summed E-state index contributed by atoms with van der Waals surface area (Å²) in [4.78, 5) is 12.7. The fraction of sp³-hybridized carbons (Fsp3) is 0.552. The highest BCUT2D eigenvalue weighted by molar-refractivity contribution is 7.80. The SMILES string of the molecule is CCNN=O.Fc1ccc(CCCC2CCN(C(CNc3ccc(F)cc3)C3CCCCC3)C2=S)cc1. The van der Waals surface area contributed by atoms with Gasteiger partial charge in [-0.1, -0.05) is 43.6 Å². The van der Waals surface area contributed by atoms with Gasteiger partial charge in [-0.25, -0.2) is 8.78 Å². The summed E-state index contributed by atoms with van der Waals surface area (Å²) >= 11 is 6.00. The molecule has 2 fully saturated rings. The van der Waals surface area contributed by atoms with Gasteiger partial charge in [0.1, 0.15) is 11.6 Å². The molecular formula is C29H40F2N4OS. The van der Waals surface area contributed by atoms with Crippen LogP contribution < -0.4 is 10.7 Å². The van der Waals surface area contributed by atoms with Crippen molar-refractivity contribution in [1.29, 1.82) is 0 Å². The average Bonchev–Trinajstić information content (AvgIpc) is 3.28. The summed E-state index contributed by atoms with van der Waals surface area (Å²) in [7, 11) is 0. The minimum atomic E-state index is -0.205. The molecule has 2 aromatic carbocycles. The Morgan fingerprint density at radius 3 is 2.24 bits per heavy atom. The number of nitroso groups, excluding NO2 is 1. The van der Waals surface area contributed by atoms with Crippen LogP contribution >= 0.6 is 12.2 Å². The first kappa shape index (κ1) is 29.0. The Balaban J connectivity index is 0.000000695. The normalized spacial score (nSPS) is 18.6. The van der Waals surface area contributed by atoms with Gasteiger partial charge in [-0.3, -0.25) is 5.43 Å². The van der Waals surface area contributed by atoms with Gasteiger partial charge in [-0.2, -0.15) is 0 Å². The van der Waals surface area contributed by atoms with Gasteiger partial charge in [0.05, 0.1) is 4.99 Å². The van der Waals surface area contributed by atoms with Crippen LogP contribution in [0.4, 0.5) is 14.5 Å². The third kappa shape index (κ3) is 9.33. The van der Waals surface area contributed by atoms with Crippen molar-refractivity contribution in [2.75, 3.05) is 25.0 Å². The first-order valence-corrected chi connectivity index (χ1v) is 14.0. The fourth-order valence-corrected chi connectivity index (χ4v) is 5.93. The molecule has 202 valence electrons. The van der Waals surface area contributed by atoms with E-state index in [4.69, 9.17) is 17.1 Å². The highest BCUT2D eigenvalue weighted by Crippen LogP contribution is 2.34. The van der Waals surface area contributed by atoms with E-state index in [1.807, 2.05) is 24.3 Å². The zero-order chi connectivity index (χ0) is 26.5. The number of thiocarbonyl (C=S) groups is 1. The van der Waals surface area contributed by atoms with Crippen molar-refractivity contribution in [1.82, 2.24) is 10.3 Å². The molecule has 0 amide bonds. The number of anilines is 1. The summed E-state index contributed by atoms with van der Waals surface area (Å²) in [6.07, 6.45) is 10.7. The maximum atomic E-state index is 13.3. The standard InChI is InChI=1S/C27H34F2N2S.C2H6N2O/c28-23-11-9-20(10-12-23)5-4-8-22-17-18-31(27(22)32)26(21-6-2-1-3-7-21)19-30-25-15-13-24(29)14-16-25;1-2-3-4-5/h9-16,21-22,26,30H,1-8,17-19H2;2H2,1H3,(H,3,5). The predicted molar refractivity (Wildman–Crippen MR) is 151 cm³/mol. The number of nitrogens with zero attached hydrogens (tertiary/aromatic N) is 2. The lowest BCUT2D eigenvalue weighted by molar-refractivity contribution is 0.203. The van der Waals surface area contributed by atoms with Crippen LogP contribution in [0.2, 0.25) is 0 Å². The van der Waals surface area contributed by atoms with E-state index in [-0.39, 0.29) is 11.6 Å². The summed E-state index contributed by atoms with van der Waals surface area (Å²) in [6.45, 7) is 4.30. The highest BCUT2D eigenvalue weighted by atomic mass is 32.1. The average molecular weight is 531 g/mol. The van der Waals surface area contributed by atoms with E-state index in [2.05, 4.69) is 20.9 Å². The van der Waals surface area contributed by atoms with Crippen LogP contribution in [0.3, 0.4) is 0 Å². The number of rotatable bonds is 11. The molecule has 8 heteroatoms. The van der Waals surface area contributed by atoms with Crippen molar-refractivity contribution in [3.8, 4) is 0 Å². The Morgan fingerprint density at radius 2 is 1.65 bits per heavy atom. The molecular weight excluding hydrogens is 490 g/mol. The summed E-state index contributed by atoms with van der Waals surface area (Å²) < 4.78 is 26.4. The molecule has 2 unspecified atom stereocenters. The minimum absolute atomic E-state index is 0.177. The smallest absolute Gasteiger partial charge is 0.123 e. The van der Waals surface area contributed by atoms with Crippen LogP contribution in [-0.4, -0.2) is 35.6 Å². The molecule has 1 heterocycles. The summed E-state index contributed by atoms with van der Waals surface area (Å²) in [5, 5.41) is 5.91. The van der Waals surface area contributed by atoms with Gasteiger partial charge in [0, 0.05) is 42.6 Å². The lowest BCUT2D eigenvalue weighted by atomic mass is 9.83. The van der Waals surface area contributed by atoms with E-state index in [1.54, 1.807) is 19.1 Å². The summed E-state index contributed by atoms with van der Waals surface area (Å²) in [5.41, 5.74) is 4.34. The largest absolute Gasteiger partial charge is 0.383 e. The number of likely N-dealkylation sites (tertiary alicyclic amines) is 1. The number of aryl methyl sites for hydroxylation is 1. The van der Waals surface area contributed by atoms with Gasteiger partial charge < -0.3 is 10.2 Å². The Kier molecular flexibility index (Phi) is 12.2. The second kappa shape index (κ2) is 15.6. The summed E-state index contributed by atoms with van der Waals surface area (Å²) in [6, 6.07) is 13.9. The molecule has 2 N–H and O–H groups in total. The lowest BCUT2D eigenvalue weighted by Crippen LogP contribution is -2.46. The number of halogens is 2. The number of hydrogen-bond acceptors (Lipinski definition) is 4. The number of hydrogen-bond donors (Lipinski definition) is 2. The molecule has 2 aromatic rings. The van der Waals surface area contributed by atoms with E-state index >= 15 is 0 Å². The minimum Gasteiger partial charge on any atom is -0.383 e. The fourth-order valence-electron chi connectivity index (χ4n) is 5.47. The Labute approximate surface area is 225 Å². The molecule has 1 aliphatic carbocycles. The molecule has 0 spiro atoms. The van der Waals surface area contributed by atoms with Crippen LogP contribution in [0.15, 0.2) is 53.8 Å². The van der Waals surface area contributed by atoms with Gasteiger partial charge in [0.25, 0.3) is 0 Å². The van der Waals surface area contributed by atoms with Crippen LogP contribution in [0.5, 0.6) is 0 Å². The molecule has 1 saturated heterocycles. The van der Waals surface area contributed by atoms with E-state index in [0.29, 0.717) is 24.4 Å². The number of nitrogens with one attached hydrogen (secondary N) is 2. The van der Waals surface area contributed by atoms with Gasteiger partial charge in [0.2, 0.25) is 0 Å². The van der Waals surface area contributed by atoms with E-state index in [1.165, 1.54) is 49.8 Å². The van der Waals surface area contributed by atoms with Gasteiger partial charge in [0.15, 0.2) is 0 Å². The molecule has 0 radical (unpaired) electrons.